The molecule has 5 N–H and O–H groups in total. The molecule has 0 rings (SSSR count). The highest BCUT2D eigenvalue weighted by Gasteiger charge is 2.43. The first-order valence-electron chi connectivity index (χ1n) is 3.72. The van der Waals surface area contributed by atoms with Crippen LogP contribution in [0.1, 0.15) is 13.3 Å². The smallest absolute Gasteiger partial charge is 0.332 e. The third-order valence-electron chi connectivity index (χ3n) is 1.63. The Morgan fingerprint density at radius 2 is 1.86 bits per heavy atom. The molecule has 0 saturated heterocycles. The van der Waals surface area contributed by atoms with E-state index in [0.29, 0.717) is 0 Å². The number of amides is 1. The number of Topliss-reactive ketones (excluding diaryl/α,β-unsaturated/α-hetero) is 1. The Morgan fingerprint density at radius 1 is 1.43 bits per heavy atom. The van der Waals surface area contributed by atoms with Crippen LogP contribution in [-0.2, 0) is 14.4 Å². The number of rotatable bonds is 5. The van der Waals surface area contributed by atoms with E-state index < -0.39 is 29.6 Å². The summed E-state index contributed by atoms with van der Waals surface area (Å²) in [6, 6.07) is 0. The molecule has 0 unspecified atom stereocenters. The van der Waals surface area contributed by atoms with Crippen LogP contribution in [0.15, 0.2) is 12.2 Å². The van der Waals surface area contributed by atoms with Gasteiger partial charge in [-0.1, -0.05) is 6.58 Å². The van der Waals surface area contributed by atoms with Crippen LogP contribution in [0.5, 0.6) is 0 Å². The molecule has 1 atom stereocenters. The van der Waals surface area contributed by atoms with Gasteiger partial charge >= 0.3 is 5.97 Å². The molecule has 0 aromatic rings. The summed E-state index contributed by atoms with van der Waals surface area (Å²) in [5.74, 6) is -3.45. The molecule has 0 spiro atoms. The number of primary amides is 1. The third kappa shape index (κ3) is 2.40. The fourth-order valence-corrected chi connectivity index (χ4v) is 0.909. The molecule has 1 amide bonds. The largest absolute Gasteiger partial charge is 0.480 e. The fraction of sp³-hybridized carbons (Fsp3) is 0.375. The van der Waals surface area contributed by atoms with E-state index in [-0.39, 0.29) is 5.57 Å². The molecular formula is C8H12N2O4. The first kappa shape index (κ1) is 12.3. The highest BCUT2D eigenvalue weighted by Crippen LogP contribution is 2.13. The second-order valence-corrected chi connectivity index (χ2v) is 3.03. The average Bonchev–Trinajstić information content (AvgIpc) is 2.00. The van der Waals surface area contributed by atoms with Gasteiger partial charge in [-0.15, -0.1) is 0 Å². The first-order chi connectivity index (χ1) is 6.21. The molecule has 0 aromatic heterocycles. The van der Waals surface area contributed by atoms with Gasteiger partial charge in [-0.2, -0.15) is 0 Å². The quantitative estimate of drug-likeness (QED) is 0.379. The molecule has 0 aromatic carbocycles. The van der Waals surface area contributed by atoms with E-state index in [1.54, 1.807) is 0 Å². The van der Waals surface area contributed by atoms with Crippen molar-refractivity contribution in [2.75, 3.05) is 0 Å². The van der Waals surface area contributed by atoms with Crippen LogP contribution in [0.2, 0.25) is 0 Å². The normalized spacial score (nSPS) is 14.1. The molecule has 0 radical (unpaired) electrons. The maximum Gasteiger partial charge on any atom is 0.332 e. The van der Waals surface area contributed by atoms with E-state index in [2.05, 4.69) is 6.58 Å². The van der Waals surface area contributed by atoms with Crippen LogP contribution >= 0.6 is 0 Å². The van der Waals surface area contributed by atoms with Crippen LogP contribution in [0.4, 0.5) is 0 Å². The summed E-state index contributed by atoms with van der Waals surface area (Å²) in [5, 5.41) is 8.71. The number of carboxylic acid groups (broad SMARTS) is 1. The maximum atomic E-state index is 11.3. The maximum absolute atomic E-state index is 11.3. The molecular weight excluding hydrogens is 188 g/mol. The monoisotopic (exact) mass is 200 g/mol. The van der Waals surface area contributed by atoms with E-state index >= 15 is 0 Å². The lowest BCUT2D eigenvalue weighted by Crippen LogP contribution is -2.57. The fourth-order valence-electron chi connectivity index (χ4n) is 0.909. The molecule has 0 heterocycles. The molecule has 0 saturated carbocycles. The van der Waals surface area contributed by atoms with Crippen molar-refractivity contribution in [3.8, 4) is 0 Å². The van der Waals surface area contributed by atoms with Gasteiger partial charge < -0.3 is 16.6 Å². The van der Waals surface area contributed by atoms with E-state index in [9.17, 15) is 14.4 Å². The standard InChI is InChI=1S/C8H12N2O4/c1-4(2)6(12)8(10,7(13)14)3-5(9)11/h1,3,10H2,2H3,(H2,9,11)(H,13,14)/t8-/m1/s1. The molecule has 78 valence electrons. The van der Waals surface area contributed by atoms with Crippen LogP contribution < -0.4 is 11.5 Å². The predicted octanol–water partition coefficient (Wildman–Crippen LogP) is -1.21. The summed E-state index contributed by atoms with van der Waals surface area (Å²) >= 11 is 0. The van der Waals surface area contributed by atoms with E-state index in [0.717, 1.165) is 0 Å². The van der Waals surface area contributed by atoms with Crippen molar-refractivity contribution in [3.05, 3.63) is 12.2 Å². The van der Waals surface area contributed by atoms with Crippen LogP contribution in [0.25, 0.3) is 0 Å². The topological polar surface area (TPSA) is 123 Å². The van der Waals surface area contributed by atoms with Crippen molar-refractivity contribution >= 4 is 17.7 Å². The first-order valence-corrected chi connectivity index (χ1v) is 3.72. The molecule has 0 bridgehead atoms. The molecule has 14 heavy (non-hydrogen) atoms. The van der Waals surface area contributed by atoms with Gasteiger partial charge in [0.2, 0.25) is 5.91 Å². The van der Waals surface area contributed by atoms with Gasteiger partial charge in [0, 0.05) is 0 Å². The molecule has 6 heteroatoms. The summed E-state index contributed by atoms with van der Waals surface area (Å²) in [5.41, 5.74) is 7.74. The number of hydrogen-bond acceptors (Lipinski definition) is 4. The Balaban J connectivity index is 5.10. The summed E-state index contributed by atoms with van der Waals surface area (Å²) in [4.78, 5) is 32.6. The van der Waals surface area contributed by atoms with Crippen molar-refractivity contribution in [2.24, 2.45) is 11.5 Å². The molecule has 0 fully saturated rings. The number of carboxylic acids is 1. The Labute approximate surface area is 80.6 Å². The highest BCUT2D eigenvalue weighted by molar-refractivity contribution is 6.16. The minimum atomic E-state index is -2.29. The number of carbonyl (C=O) groups is 3. The summed E-state index contributed by atoms with van der Waals surface area (Å²) in [6.45, 7) is 4.58. The van der Waals surface area contributed by atoms with Crippen LogP contribution in [0.3, 0.4) is 0 Å². The Morgan fingerprint density at radius 3 is 2.07 bits per heavy atom. The SMILES string of the molecule is C=C(C)C(=O)[C@](N)(CC(N)=O)C(=O)O. The molecule has 0 aliphatic rings. The third-order valence-corrected chi connectivity index (χ3v) is 1.63. The number of hydrogen-bond donors (Lipinski definition) is 3. The lowest BCUT2D eigenvalue weighted by Gasteiger charge is -2.21. The minimum Gasteiger partial charge on any atom is -0.480 e. The summed E-state index contributed by atoms with van der Waals surface area (Å²) in [7, 11) is 0. The van der Waals surface area contributed by atoms with Crippen molar-refractivity contribution in [3.63, 3.8) is 0 Å². The number of carbonyl (C=O) groups excluding carboxylic acids is 2. The zero-order valence-electron chi connectivity index (χ0n) is 7.74. The van der Waals surface area contributed by atoms with E-state index in [1.165, 1.54) is 6.92 Å². The zero-order chi connectivity index (χ0) is 11.5. The van der Waals surface area contributed by atoms with Gasteiger partial charge in [0.15, 0.2) is 11.3 Å². The van der Waals surface area contributed by atoms with Gasteiger partial charge in [-0.05, 0) is 12.5 Å². The number of nitrogens with two attached hydrogens (primary N) is 2. The highest BCUT2D eigenvalue weighted by atomic mass is 16.4. The van der Waals surface area contributed by atoms with Gasteiger partial charge in [-0.3, -0.25) is 9.59 Å². The second-order valence-electron chi connectivity index (χ2n) is 3.03. The van der Waals surface area contributed by atoms with Gasteiger partial charge in [0.25, 0.3) is 0 Å². The zero-order valence-corrected chi connectivity index (χ0v) is 7.74. The van der Waals surface area contributed by atoms with E-state index in [4.69, 9.17) is 16.6 Å². The molecule has 0 aliphatic carbocycles. The van der Waals surface area contributed by atoms with Crippen LogP contribution in [0, 0.1) is 0 Å². The summed E-state index contributed by atoms with van der Waals surface area (Å²) < 4.78 is 0. The van der Waals surface area contributed by atoms with Gasteiger partial charge in [0.1, 0.15) is 0 Å². The van der Waals surface area contributed by atoms with E-state index in [1.807, 2.05) is 0 Å². The predicted molar refractivity (Wildman–Crippen MR) is 48.2 cm³/mol. The summed E-state index contributed by atoms with van der Waals surface area (Å²) in [6.07, 6.45) is -0.742. The second kappa shape index (κ2) is 4.01. The Kier molecular flexibility index (Phi) is 3.53. The van der Waals surface area contributed by atoms with Crippen LogP contribution in [-0.4, -0.2) is 28.3 Å². The van der Waals surface area contributed by atoms with Gasteiger partial charge in [-0.25, -0.2) is 4.79 Å². The van der Waals surface area contributed by atoms with Crippen molar-refractivity contribution in [1.29, 1.82) is 0 Å². The Bertz CT molecular complexity index is 310. The number of aliphatic carboxylic acids is 1. The lowest BCUT2D eigenvalue weighted by atomic mass is 9.88. The Hall–Kier alpha value is -1.69. The molecule has 6 nitrogen and oxygen atoms in total. The average molecular weight is 200 g/mol. The lowest BCUT2D eigenvalue weighted by molar-refractivity contribution is -0.149. The van der Waals surface area contributed by atoms with Crippen molar-refractivity contribution in [1.82, 2.24) is 0 Å². The molecule has 0 aliphatic heterocycles. The van der Waals surface area contributed by atoms with Crippen molar-refractivity contribution in [2.45, 2.75) is 18.9 Å². The number of ketones is 1. The van der Waals surface area contributed by atoms with Gasteiger partial charge in [0.05, 0.1) is 6.42 Å². The minimum absolute atomic E-state index is 0.0313. The van der Waals surface area contributed by atoms with Crippen molar-refractivity contribution < 1.29 is 19.5 Å².